The first-order valence-corrected chi connectivity index (χ1v) is 11.0. The molecule has 1 aliphatic rings. The van der Waals surface area contributed by atoms with Crippen molar-refractivity contribution in [2.45, 2.75) is 25.0 Å². The molecule has 0 aliphatic carbocycles. The van der Waals surface area contributed by atoms with Crippen molar-refractivity contribution in [3.8, 4) is 16.9 Å². The SMILES string of the molecule is Cl.Oc1cccc(-c2cccc([C@H]3CCNC[C@@H]3OCc3ccc4ccccc4c3)c2)c1. The summed E-state index contributed by atoms with van der Waals surface area (Å²) in [5.41, 5.74) is 4.66. The minimum absolute atomic E-state index is 0. The van der Waals surface area contributed by atoms with Gasteiger partial charge in [-0.1, -0.05) is 72.8 Å². The molecule has 164 valence electrons. The molecule has 0 unspecified atom stereocenters. The summed E-state index contributed by atoms with van der Waals surface area (Å²) in [7, 11) is 0. The van der Waals surface area contributed by atoms with Gasteiger partial charge in [0.25, 0.3) is 0 Å². The lowest BCUT2D eigenvalue weighted by molar-refractivity contribution is 0.0107. The molecule has 4 aromatic carbocycles. The van der Waals surface area contributed by atoms with Gasteiger partial charge in [-0.3, -0.25) is 0 Å². The molecule has 1 heterocycles. The highest BCUT2D eigenvalue weighted by atomic mass is 35.5. The van der Waals surface area contributed by atoms with E-state index in [2.05, 4.69) is 72.0 Å². The van der Waals surface area contributed by atoms with Gasteiger partial charge in [-0.25, -0.2) is 0 Å². The van der Waals surface area contributed by atoms with Crippen molar-refractivity contribution in [1.82, 2.24) is 5.32 Å². The molecule has 32 heavy (non-hydrogen) atoms. The number of piperidine rings is 1. The van der Waals surface area contributed by atoms with Gasteiger partial charge in [-0.2, -0.15) is 0 Å². The van der Waals surface area contributed by atoms with E-state index in [4.69, 9.17) is 4.74 Å². The maximum absolute atomic E-state index is 9.85. The van der Waals surface area contributed by atoms with Crippen LogP contribution in [0.1, 0.15) is 23.5 Å². The molecule has 3 nitrogen and oxygen atoms in total. The van der Waals surface area contributed by atoms with Crippen LogP contribution in [0.25, 0.3) is 21.9 Å². The zero-order chi connectivity index (χ0) is 21.0. The van der Waals surface area contributed by atoms with Gasteiger partial charge in [0.2, 0.25) is 0 Å². The second-order valence-electron chi connectivity index (χ2n) is 8.31. The molecule has 1 saturated heterocycles. The van der Waals surface area contributed by atoms with Crippen LogP contribution < -0.4 is 5.32 Å². The molecular weight excluding hydrogens is 418 g/mol. The van der Waals surface area contributed by atoms with Crippen LogP contribution >= 0.6 is 12.4 Å². The normalized spacial score (nSPS) is 18.2. The van der Waals surface area contributed by atoms with Crippen LogP contribution in [0.5, 0.6) is 5.75 Å². The highest BCUT2D eigenvalue weighted by Crippen LogP contribution is 2.32. The summed E-state index contributed by atoms with van der Waals surface area (Å²) in [4.78, 5) is 0. The fourth-order valence-corrected chi connectivity index (χ4v) is 4.55. The summed E-state index contributed by atoms with van der Waals surface area (Å²) in [5.74, 6) is 0.639. The van der Waals surface area contributed by atoms with Crippen LogP contribution in [-0.2, 0) is 11.3 Å². The lowest BCUT2D eigenvalue weighted by Crippen LogP contribution is -2.41. The van der Waals surface area contributed by atoms with E-state index >= 15 is 0 Å². The van der Waals surface area contributed by atoms with Gasteiger partial charge in [0.05, 0.1) is 12.7 Å². The average molecular weight is 446 g/mol. The number of ether oxygens (including phenoxy) is 1. The summed E-state index contributed by atoms with van der Waals surface area (Å²) in [6.45, 7) is 2.46. The van der Waals surface area contributed by atoms with Gasteiger partial charge >= 0.3 is 0 Å². The smallest absolute Gasteiger partial charge is 0.116 e. The summed E-state index contributed by atoms with van der Waals surface area (Å²) in [6, 6.07) is 31.1. The Labute approximate surface area is 195 Å². The van der Waals surface area contributed by atoms with Crippen molar-refractivity contribution >= 4 is 23.2 Å². The minimum atomic E-state index is 0. The average Bonchev–Trinajstić information content (AvgIpc) is 2.83. The molecule has 2 N–H and O–H groups in total. The number of aromatic hydroxyl groups is 1. The lowest BCUT2D eigenvalue weighted by Gasteiger charge is -2.33. The van der Waals surface area contributed by atoms with Crippen molar-refractivity contribution in [3.05, 3.63) is 102 Å². The monoisotopic (exact) mass is 445 g/mol. The van der Waals surface area contributed by atoms with E-state index in [9.17, 15) is 5.11 Å². The van der Waals surface area contributed by atoms with Crippen LogP contribution in [0.4, 0.5) is 0 Å². The molecule has 1 aliphatic heterocycles. The molecule has 0 radical (unpaired) electrons. The molecule has 0 aromatic heterocycles. The van der Waals surface area contributed by atoms with E-state index < -0.39 is 0 Å². The topological polar surface area (TPSA) is 41.5 Å². The molecule has 0 spiro atoms. The Bertz CT molecular complexity index is 1190. The predicted molar refractivity (Wildman–Crippen MR) is 134 cm³/mol. The Morgan fingerprint density at radius 3 is 2.44 bits per heavy atom. The zero-order valence-electron chi connectivity index (χ0n) is 17.9. The van der Waals surface area contributed by atoms with Crippen LogP contribution in [0, 0.1) is 0 Å². The van der Waals surface area contributed by atoms with Crippen LogP contribution in [-0.4, -0.2) is 24.3 Å². The van der Waals surface area contributed by atoms with Crippen LogP contribution in [0.3, 0.4) is 0 Å². The number of hydrogen-bond donors (Lipinski definition) is 2. The number of halogens is 1. The van der Waals surface area contributed by atoms with Crippen molar-refractivity contribution in [3.63, 3.8) is 0 Å². The molecule has 0 bridgehead atoms. The standard InChI is InChI=1S/C28H27NO2.ClH/c30-26-10-4-8-24(17-26)23-7-3-9-25(16-23)27-13-14-29-18-28(27)31-19-20-11-12-21-5-1-2-6-22(21)15-20;/h1-12,15-17,27-30H,13-14,18-19H2;1H/t27-,28+;/m1./s1. The minimum Gasteiger partial charge on any atom is -0.508 e. The highest BCUT2D eigenvalue weighted by molar-refractivity contribution is 5.85. The van der Waals surface area contributed by atoms with Crippen molar-refractivity contribution in [2.24, 2.45) is 0 Å². The first-order chi connectivity index (χ1) is 15.3. The number of rotatable bonds is 5. The van der Waals surface area contributed by atoms with E-state index in [0.717, 1.165) is 30.6 Å². The van der Waals surface area contributed by atoms with Crippen LogP contribution in [0.2, 0.25) is 0 Å². The van der Waals surface area contributed by atoms with Gasteiger partial charge < -0.3 is 15.2 Å². The third kappa shape index (κ3) is 4.97. The maximum Gasteiger partial charge on any atom is 0.116 e. The Hall–Kier alpha value is -2.85. The Balaban J connectivity index is 0.00000245. The first kappa shape index (κ1) is 22.3. The summed E-state index contributed by atoms with van der Waals surface area (Å²) >= 11 is 0. The Kier molecular flexibility index (Phi) is 7.11. The lowest BCUT2D eigenvalue weighted by atomic mass is 9.86. The number of hydrogen-bond acceptors (Lipinski definition) is 3. The summed E-state index contributed by atoms with van der Waals surface area (Å²) < 4.78 is 6.45. The number of phenols is 1. The summed E-state index contributed by atoms with van der Waals surface area (Å²) in [5, 5.41) is 15.9. The second-order valence-corrected chi connectivity index (χ2v) is 8.31. The van der Waals surface area contributed by atoms with Crippen LogP contribution in [0.15, 0.2) is 91.0 Å². The van der Waals surface area contributed by atoms with E-state index in [1.54, 1.807) is 6.07 Å². The van der Waals surface area contributed by atoms with E-state index in [1.807, 2.05) is 18.2 Å². The van der Waals surface area contributed by atoms with Gasteiger partial charge in [0, 0.05) is 12.5 Å². The van der Waals surface area contributed by atoms with Gasteiger partial charge in [0.15, 0.2) is 0 Å². The summed E-state index contributed by atoms with van der Waals surface area (Å²) in [6.07, 6.45) is 1.17. The highest BCUT2D eigenvalue weighted by Gasteiger charge is 2.27. The van der Waals surface area contributed by atoms with E-state index in [-0.39, 0.29) is 18.5 Å². The van der Waals surface area contributed by atoms with Crippen molar-refractivity contribution < 1.29 is 9.84 Å². The number of fused-ring (bicyclic) bond motifs is 1. The fourth-order valence-electron chi connectivity index (χ4n) is 4.55. The maximum atomic E-state index is 9.85. The van der Waals surface area contributed by atoms with Gasteiger partial charge in [-0.05, 0) is 64.2 Å². The molecular formula is C28H28ClNO2. The number of benzene rings is 4. The van der Waals surface area contributed by atoms with E-state index in [0.29, 0.717) is 18.3 Å². The largest absolute Gasteiger partial charge is 0.508 e. The number of nitrogens with one attached hydrogen (secondary N) is 1. The Morgan fingerprint density at radius 2 is 1.59 bits per heavy atom. The number of phenolic OH excluding ortho intramolecular Hbond substituents is 1. The fraction of sp³-hybridized carbons (Fsp3) is 0.214. The molecule has 0 saturated carbocycles. The quantitative estimate of drug-likeness (QED) is 0.379. The Morgan fingerprint density at radius 1 is 0.812 bits per heavy atom. The molecule has 4 aromatic rings. The van der Waals surface area contributed by atoms with E-state index in [1.165, 1.54) is 21.9 Å². The van der Waals surface area contributed by atoms with Crippen molar-refractivity contribution in [1.29, 1.82) is 0 Å². The molecule has 2 atom stereocenters. The first-order valence-electron chi connectivity index (χ1n) is 11.0. The molecule has 5 rings (SSSR count). The third-order valence-electron chi connectivity index (χ3n) is 6.20. The zero-order valence-corrected chi connectivity index (χ0v) is 18.7. The molecule has 4 heteroatoms. The second kappa shape index (κ2) is 10.2. The molecule has 1 fully saturated rings. The third-order valence-corrected chi connectivity index (χ3v) is 6.20. The van der Waals surface area contributed by atoms with Crippen molar-refractivity contribution in [2.75, 3.05) is 13.1 Å². The molecule has 0 amide bonds. The van der Waals surface area contributed by atoms with Gasteiger partial charge in [-0.15, -0.1) is 12.4 Å². The van der Waals surface area contributed by atoms with Gasteiger partial charge in [0.1, 0.15) is 5.75 Å². The predicted octanol–water partition coefficient (Wildman–Crippen LogP) is 6.30.